The number of carbonyl (C=O) groups is 2. The van der Waals surface area contributed by atoms with Crippen LogP contribution in [0.15, 0.2) is 60.9 Å². The molecule has 1 aromatic heterocycles. The summed E-state index contributed by atoms with van der Waals surface area (Å²) in [5, 5.41) is 16.0. The van der Waals surface area contributed by atoms with Crippen molar-refractivity contribution in [3.05, 3.63) is 83.4 Å². The number of aliphatic hydroxyl groups excluding tert-OH is 1. The largest absolute Gasteiger partial charge is 0.484 e. The van der Waals surface area contributed by atoms with Crippen LogP contribution in [0.2, 0.25) is 0 Å². The molecule has 190 valence electrons. The van der Waals surface area contributed by atoms with Gasteiger partial charge in [0.2, 0.25) is 0 Å². The van der Waals surface area contributed by atoms with Crippen molar-refractivity contribution in [1.29, 1.82) is 0 Å². The zero-order chi connectivity index (χ0) is 25.3. The third-order valence-electron chi connectivity index (χ3n) is 6.23. The molecular weight excluding hydrogens is 458 g/mol. The van der Waals surface area contributed by atoms with Crippen LogP contribution in [0.5, 0.6) is 5.75 Å². The van der Waals surface area contributed by atoms with Crippen molar-refractivity contribution in [2.75, 3.05) is 32.8 Å². The van der Waals surface area contributed by atoms with Gasteiger partial charge in [-0.05, 0) is 35.7 Å². The lowest BCUT2D eigenvalue weighted by atomic mass is 10.00. The number of aromatic nitrogens is 2. The number of carbonyl (C=O) groups excluding carboxylic acids is 2. The predicted molar refractivity (Wildman–Crippen MR) is 136 cm³/mol. The fraction of sp³-hybridized carbons (Fsp3) is 0.370. The molecule has 0 fully saturated rings. The molecule has 1 aliphatic heterocycles. The van der Waals surface area contributed by atoms with E-state index in [1.165, 1.54) is 11.1 Å². The van der Waals surface area contributed by atoms with Gasteiger partial charge in [0.1, 0.15) is 11.6 Å². The normalized spacial score (nSPS) is 14.1. The molecule has 0 unspecified atom stereocenters. The van der Waals surface area contributed by atoms with Crippen molar-refractivity contribution in [2.24, 2.45) is 7.05 Å². The van der Waals surface area contributed by atoms with E-state index in [-0.39, 0.29) is 25.0 Å². The quantitative estimate of drug-likeness (QED) is 0.373. The van der Waals surface area contributed by atoms with Gasteiger partial charge in [-0.2, -0.15) is 0 Å². The Morgan fingerprint density at radius 1 is 1.14 bits per heavy atom. The Morgan fingerprint density at radius 3 is 2.78 bits per heavy atom. The van der Waals surface area contributed by atoms with Crippen LogP contribution in [0.25, 0.3) is 0 Å². The van der Waals surface area contributed by atoms with E-state index < -0.39 is 6.10 Å². The van der Waals surface area contributed by atoms with Crippen LogP contribution in [0.1, 0.15) is 27.3 Å². The number of aliphatic hydroxyl groups is 1. The summed E-state index contributed by atoms with van der Waals surface area (Å²) in [6, 6.07) is 15.1. The van der Waals surface area contributed by atoms with E-state index in [1.807, 2.05) is 23.9 Å². The predicted octanol–water partition coefficient (Wildman–Crippen LogP) is 1.31. The summed E-state index contributed by atoms with van der Waals surface area (Å²) in [4.78, 5) is 31.1. The first kappa shape index (κ1) is 25.4. The van der Waals surface area contributed by atoms with E-state index in [1.54, 1.807) is 30.5 Å². The van der Waals surface area contributed by atoms with Crippen molar-refractivity contribution in [1.82, 2.24) is 25.1 Å². The highest BCUT2D eigenvalue weighted by molar-refractivity contribution is 5.94. The molecule has 2 amide bonds. The van der Waals surface area contributed by atoms with Gasteiger partial charge in [-0.1, -0.05) is 30.3 Å². The summed E-state index contributed by atoms with van der Waals surface area (Å²) in [6.07, 6.45) is 4.51. The molecule has 4 rings (SSSR count). The van der Waals surface area contributed by atoms with Crippen molar-refractivity contribution in [3.63, 3.8) is 0 Å². The number of benzene rings is 2. The van der Waals surface area contributed by atoms with E-state index >= 15 is 0 Å². The average molecular weight is 492 g/mol. The van der Waals surface area contributed by atoms with E-state index in [0.29, 0.717) is 30.8 Å². The molecule has 9 heteroatoms. The first-order valence-electron chi connectivity index (χ1n) is 12.2. The molecule has 0 radical (unpaired) electrons. The fourth-order valence-electron chi connectivity index (χ4n) is 4.26. The van der Waals surface area contributed by atoms with E-state index in [9.17, 15) is 14.7 Å². The molecule has 2 aromatic carbocycles. The molecular formula is C27H33N5O4. The number of amides is 2. The maximum atomic E-state index is 12.5. The number of β-amino-alcohol motifs (C(OH)–C–C–N with tert-alkyl or cyclic N) is 1. The second-order valence-corrected chi connectivity index (χ2v) is 8.99. The Balaban J connectivity index is 1.15. The molecule has 0 bridgehead atoms. The fourth-order valence-corrected chi connectivity index (χ4v) is 4.26. The lowest BCUT2D eigenvalue weighted by Crippen LogP contribution is -2.42. The van der Waals surface area contributed by atoms with Crippen LogP contribution in [-0.4, -0.2) is 70.3 Å². The molecule has 0 spiro atoms. The van der Waals surface area contributed by atoms with Gasteiger partial charge in [0, 0.05) is 64.1 Å². The SMILES string of the molecule is Cn1ccnc1CCNC(=O)c1cccc(OCC(=O)NC[C@@H](O)CN2CCc3ccccc3C2)c1. The minimum atomic E-state index is -0.669. The number of rotatable bonds is 11. The number of hydrogen-bond donors (Lipinski definition) is 3. The number of imidazole rings is 1. The molecule has 0 aliphatic carbocycles. The molecule has 1 atom stereocenters. The molecule has 2 heterocycles. The van der Waals surface area contributed by atoms with Crippen molar-refractivity contribution in [2.45, 2.75) is 25.5 Å². The zero-order valence-corrected chi connectivity index (χ0v) is 20.5. The zero-order valence-electron chi connectivity index (χ0n) is 20.5. The van der Waals surface area contributed by atoms with Gasteiger partial charge in [0.15, 0.2) is 6.61 Å². The smallest absolute Gasteiger partial charge is 0.258 e. The van der Waals surface area contributed by atoms with Crippen molar-refractivity contribution in [3.8, 4) is 5.75 Å². The molecule has 1 aliphatic rings. The van der Waals surface area contributed by atoms with Gasteiger partial charge in [0.25, 0.3) is 11.8 Å². The summed E-state index contributed by atoms with van der Waals surface area (Å²) in [7, 11) is 1.91. The van der Waals surface area contributed by atoms with Gasteiger partial charge >= 0.3 is 0 Å². The summed E-state index contributed by atoms with van der Waals surface area (Å²) < 4.78 is 7.48. The number of nitrogens with one attached hydrogen (secondary N) is 2. The first-order chi connectivity index (χ1) is 17.5. The summed E-state index contributed by atoms with van der Waals surface area (Å²) in [6.45, 7) is 2.60. The Bertz CT molecular complexity index is 1180. The average Bonchev–Trinajstić information content (AvgIpc) is 3.30. The van der Waals surface area contributed by atoms with Crippen LogP contribution in [-0.2, 0) is 31.2 Å². The lowest BCUT2D eigenvalue weighted by molar-refractivity contribution is -0.123. The monoisotopic (exact) mass is 491 g/mol. The second kappa shape index (κ2) is 12.3. The molecule has 9 nitrogen and oxygen atoms in total. The minimum absolute atomic E-state index is 0.152. The topological polar surface area (TPSA) is 109 Å². The maximum Gasteiger partial charge on any atom is 0.258 e. The molecule has 3 aromatic rings. The van der Waals surface area contributed by atoms with Gasteiger partial charge in [0.05, 0.1) is 6.10 Å². The summed E-state index contributed by atoms with van der Waals surface area (Å²) in [5.41, 5.74) is 3.10. The van der Waals surface area contributed by atoms with E-state index in [0.717, 1.165) is 25.3 Å². The van der Waals surface area contributed by atoms with Crippen LogP contribution in [0.4, 0.5) is 0 Å². The highest BCUT2D eigenvalue weighted by Crippen LogP contribution is 2.18. The number of ether oxygens (including phenoxy) is 1. The Hall–Kier alpha value is -3.69. The number of aryl methyl sites for hydroxylation is 1. The van der Waals surface area contributed by atoms with E-state index in [2.05, 4.69) is 38.7 Å². The van der Waals surface area contributed by atoms with Crippen molar-refractivity contribution >= 4 is 11.8 Å². The maximum absolute atomic E-state index is 12.5. The van der Waals surface area contributed by atoms with Gasteiger partial charge in [-0.25, -0.2) is 4.98 Å². The van der Waals surface area contributed by atoms with Crippen LogP contribution >= 0.6 is 0 Å². The summed E-state index contributed by atoms with van der Waals surface area (Å²) >= 11 is 0. The molecule has 36 heavy (non-hydrogen) atoms. The number of fused-ring (bicyclic) bond motifs is 1. The summed E-state index contributed by atoms with van der Waals surface area (Å²) in [5.74, 6) is 0.768. The minimum Gasteiger partial charge on any atom is -0.484 e. The van der Waals surface area contributed by atoms with Gasteiger partial charge < -0.3 is 25.0 Å². The number of hydrogen-bond acceptors (Lipinski definition) is 6. The first-order valence-corrected chi connectivity index (χ1v) is 12.2. The molecule has 0 saturated carbocycles. The highest BCUT2D eigenvalue weighted by Gasteiger charge is 2.19. The second-order valence-electron chi connectivity index (χ2n) is 8.99. The van der Waals surface area contributed by atoms with Crippen molar-refractivity contribution < 1.29 is 19.4 Å². The van der Waals surface area contributed by atoms with Crippen LogP contribution < -0.4 is 15.4 Å². The Morgan fingerprint density at radius 2 is 1.97 bits per heavy atom. The Kier molecular flexibility index (Phi) is 8.70. The molecule has 0 saturated heterocycles. The lowest BCUT2D eigenvalue weighted by Gasteiger charge is -2.30. The van der Waals surface area contributed by atoms with Gasteiger partial charge in [-0.15, -0.1) is 0 Å². The Labute approximate surface area is 211 Å². The molecule has 3 N–H and O–H groups in total. The van der Waals surface area contributed by atoms with Crippen LogP contribution in [0.3, 0.4) is 0 Å². The van der Waals surface area contributed by atoms with Gasteiger partial charge in [-0.3, -0.25) is 14.5 Å². The number of nitrogens with zero attached hydrogens (tertiary/aromatic N) is 3. The third kappa shape index (κ3) is 7.16. The van der Waals surface area contributed by atoms with E-state index in [4.69, 9.17) is 4.74 Å². The highest BCUT2D eigenvalue weighted by atomic mass is 16.5. The third-order valence-corrected chi connectivity index (χ3v) is 6.23. The van der Waals surface area contributed by atoms with Crippen LogP contribution in [0, 0.1) is 0 Å². The standard InChI is InChI=1S/C27H33N5O4/c1-31-14-12-28-25(31)9-11-29-27(35)21-7-4-8-24(15-21)36-19-26(34)30-16-23(33)18-32-13-10-20-5-2-3-6-22(20)17-32/h2-8,12,14-15,23,33H,9-11,13,16-19H2,1H3,(H,29,35)(H,30,34)/t23-/m1/s1.